The molecule has 8 atom stereocenters. The maximum atomic E-state index is 14.4. The van der Waals surface area contributed by atoms with Gasteiger partial charge in [-0.3, -0.25) is 19.3 Å². The van der Waals surface area contributed by atoms with Crippen molar-refractivity contribution in [3.05, 3.63) is 77.9 Å². The molecule has 2 N–H and O–H groups in total. The summed E-state index contributed by atoms with van der Waals surface area (Å²) in [5, 5.41) is 6.42. The van der Waals surface area contributed by atoms with Crippen LogP contribution in [0.25, 0.3) is 0 Å². The van der Waals surface area contributed by atoms with Gasteiger partial charge in [-0.25, -0.2) is 0 Å². The molecule has 1 spiro atoms. The van der Waals surface area contributed by atoms with Crippen LogP contribution in [0.3, 0.4) is 0 Å². The summed E-state index contributed by atoms with van der Waals surface area (Å²) < 4.78 is 6.60. The van der Waals surface area contributed by atoms with Crippen molar-refractivity contribution in [3.63, 3.8) is 0 Å². The van der Waals surface area contributed by atoms with Gasteiger partial charge in [0.15, 0.2) is 0 Å². The normalized spacial score (nSPS) is 33.2. The van der Waals surface area contributed by atoms with Crippen molar-refractivity contribution < 1.29 is 19.1 Å². The average Bonchev–Trinajstić information content (AvgIpc) is 3.72. The molecule has 4 heterocycles. The molecule has 9 nitrogen and oxygen atoms in total. The molecular formula is C39H51N5O4. The van der Waals surface area contributed by atoms with Gasteiger partial charge in [-0.1, -0.05) is 81.3 Å². The Morgan fingerprint density at radius 3 is 2.48 bits per heavy atom. The number of likely N-dealkylation sites (tertiary alicyclic amines) is 1. The van der Waals surface area contributed by atoms with Crippen LogP contribution in [0.1, 0.15) is 50.7 Å². The molecule has 1 aliphatic carbocycles. The number of aryl methyl sites for hydroxylation is 1. The van der Waals surface area contributed by atoms with Gasteiger partial charge in [-0.15, -0.1) is 0 Å². The van der Waals surface area contributed by atoms with Gasteiger partial charge in [0, 0.05) is 51.0 Å². The van der Waals surface area contributed by atoms with E-state index >= 15 is 0 Å². The van der Waals surface area contributed by atoms with Crippen LogP contribution in [0.5, 0.6) is 0 Å². The molecule has 4 aliphatic heterocycles. The highest BCUT2D eigenvalue weighted by atomic mass is 16.5. The van der Waals surface area contributed by atoms with Crippen molar-refractivity contribution in [2.75, 3.05) is 44.6 Å². The van der Waals surface area contributed by atoms with Gasteiger partial charge in [0.05, 0.1) is 17.9 Å². The zero-order valence-electron chi connectivity index (χ0n) is 28.6. The third-order valence-electron chi connectivity index (χ3n) is 11.8. The molecule has 0 radical (unpaired) electrons. The lowest BCUT2D eigenvalue weighted by molar-refractivity contribution is -0.141. The number of hydrogen-bond donors (Lipinski definition) is 2. The van der Waals surface area contributed by atoms with Gasteiger partial charge >= 0.3 is 0 Å². The summed E-state index contributed by atoms with van der Waals surface area (Å²) >= 11 is 0. The van der Waals surface area contributed by atoms with E-state index in [1.165, 1.54) is 12.0 Å². The lowest BCUT2D eigenvalue weighted by Gasteiger charge is -2.38. The van der Waals surface area contributed by atoms with Gasteiger partial charge in [0.25, 0.3) is 0 Å². The molecule has 4 fully saturated rings. The number of benzene rings is 2. The van der Waals surface area contributed by atoms with E-state index in [-0.39, 0.29) is 23.8 Å². The lowest BCUT2D eigenvalue weighted by Crippen LogP contribution is -2.58. The zero-order chi connectivity index (χ0) is 33.4. The van der Waals surface area contributed by atoms with Gasteiger partial charge in [-0.2, -0.15) is 0 Å². The Morgan fingerprint density at radius 2 is 1.71 bits per heavy atom. The van der Waals surface area contributed by atoms with E-state index in [1.54, 1.807) is 4.90 Å². The molecule has 7 rings (SSSR count). The number of hydrogen-bond acceptors (Lipinski definition) is 6. The summed E-state index contributed by atoms with van der Waals surface area (Å²) in [6.07, 6.45) is 7.21. The average molecular weight is 654 g/mol. The molecule has 1 saturated carbocycles. The first kappa shape index (κ1) is 33.0. The van der Waals surface area contributed by atoms with E-state index < -0.39 is 29.6 Å². The highest BCUT2D eigenvalue weighted by Gasteiger charge is 2.72. The fraction of sp³-hybridized carbons (Fsp3) is 0.564. The monoisotopic (exact) mass is 653 g/mol. The van der Waals surface area contributed by atoms with Crippen LogP contribution in [0.2, 0.25) is 0 Å². The minimum absolute atomic E-state index is 0.0591. The van der Waals surface area contributed by atoms with E-state index in [2.05, 4.69) is 64.6 Å². The Kier molecular flexibility index (Phi) is 9.46. The van der Waals surface area contributed by atoms with E-state index in [1.807, 2.05) is 43.3 Å². The van der Waals surface area contributed by atoms with Crippen molar-refractivity contribution >= 4 is 23.4 Å². The third kappa shape index (κ3) is 6.32. The number of nitrogens with zero attached hydrogens (tertiary/aromatic N) is 3. The number of piperazine rings is 1. The van der Waals surface area contributed by atoms with Gasteiger partial charge in [-0.05, 0) is 61.4 Å². The summed E-state index contributed by atoms with van der Waals surface area (Å²) in [4.78, 5) is 49.4. The largest absolute Gasteiger partial charge is 0.359 e. The maximum absolute atomic E-state index is 14.4. The number of carbonyl (C=O) groups is 3. The molecule has 0 unspecified atom stereocenters. The van der Waals surface area contributed by atoms with Crippen molar-refractivity contribution in [2.45, 2.75) is 76.8 Å². The molecule has 3 amide bonds. The van der Waals surface area contributed by atoms with Crippen molar-refractivity contribution in [2.24, 2.45) is 23.7 Å². The van der Waals surface area contributed by atoms with Gasteiger partial charge in [0.2, 0.25) is 17.7 Å². The number of amides is 3. The highest BCUT2D eigenvalue weighted by molar-refractivity contribution is 6.02. The molecule has 48 heavy (non-hydrogen) atoms. The van der Waals surface area contributed by atoms with Crippen molar-refractivity contribution in [1.29, 1.82) is 0 Å². The van der Waals surface area contributed by atoms with E-state index in [9.17, 15) is 14.4 Å². The van der Waals surface area contributed by atoms with E-state index in [0.717, 1.165) is 64.1 Å². The van der Waals surface area contributed by atoms with E-state index in [0.29, 0.717) is 24.1 Å². The summed E-state index contributed by atoms with van der Waals surface area (Å²) in [5.74, 6) is -1.10. The summed E-state index contributed by atoms with van der Waals surface area (Å²) in [7, 11) is 0. The molecule has 2 aromatic carbocycles. The van der Waals surface area contributed by atoms with Crippen LogP contribution in [0, 0.1) is 30.6 Å². The fourth-order valence-corrected chi connectivity index (χ4v) is 8.98. The second-order valence-corrected chi connectivity index (χ2v) is 14.9. The van der Waals surface area contributed by atoms with Gasteiger partial charge < -0.3 is 25.2 Å². The summed E-state index contributed by atoms with van der Waals surface area (Å²) in [6.45, 7) is 12.7. The second kappa shape index (κ2) is 13.8. The number of anilines is 1. The first-order valence-electron chi connectivity index (χ1n) is 18.1. The fourth-order valence-electron chi connectivity index (χ4n) is 8.98. The molecule has 9 heteroatoms. The first-order chi connectivity index (χ1) is 23.2. The third-order valence-corrected chi connectivity index (χ3v) is 11.8. The quantitative estimate of drug-likeness (QED) is 0.373. The topological polar surface area (TPSA) is 94.2 Å². The predicted molar refractivity (Wildman–Crippen MR) is 186 cm³/mol. The van der Waals surface area contributed by atoms with Crippen LogP contribution < -0.4 is 10.6 Å². The highest BCUT2D eigenvalue weighted by Crippen LogP contribution is 2.55. The maximum Gasteiger partial charge on any atom is 0.246 e. The minimum Gasteiger partial charge on any atom is -0.359 e. The molecule has 2 aromatic rings. The molecule has 0 aromatic heterocycles. The Bertz CT molecular complexity index is 1520. The van der Waals surface area contributed by atoms with E-state index in [4.69, 9.17) is 4.74 Å². The SMILES string of the molecule is Cc1cccc(NC(=O)[C@H]2[C@H]3C=C[C@@]4(O3)[C@H]2C(=O)N(CCCN2CCN(Cc3ccccc3)CC2)[C@@H]4C(=O)N[C@@H]2CCC[C@H](C)[C@H]2C)c1. The lowest BCUT2D eigenvalue weighted by atomic mass is 9.73. The number of nitrogens with one attached hydrogen (secondary N) is 2. The summed E-state index contributed by atoms with van der Waals surface area (Å²) in [6, 6.07) is 17.5. The standard InChI is InChI=1S/C39H51N5O4/c1-26-10-7-14-30(24-26)40-36(45)33-32-16-17-39(48-32)34(33)38(47)44(35(39)37(46)41-31-15-8-11-27(2)28(31)3)19-9-18-42-20-22-43(23-21-42)25-29-12-5-4-6-13-29/h4-7,10,12-14,16-17,24,27-28,31-35H,8-9,11,15,18-23,25H2,1-3H3,(H,40,45)(H,41,46)/t27-,28+,31+,32+,33-,34+,35+,39+/m0/s1. The Balaban J connectivity index is 1.06. The van der Waals surface area contributed by atoms with Crippen molar-refractivity contribution in [3.8, 4) is 0 Å². The molecule has 2 bridgehead atoms. The molecule has 3 saturated heterocycles. The van der Waals surface area contributed by atoms with Crippen LogP contribution in [-0.4, -0.2) is 95.5 Å². The summed E-state index contributed by atoms with van der Waals surface area (Å²) in [5.41, 5.74) is 1.92. The zero-order valence-corrected chi connectivity index (χ0v) is 28.6. The molecule has 256 valence electrons. The van der Waals surface area contributed by atoms with Crippen LogP contribution >= 0.6 is 0 Å². The minimum atomic E-state index is -1.15. The molecule has 5 aliphatic rings. The smallest absolute Gasteiger partial charge is 0.246 e. The van der Waals surface area contributed by atoms with Crippen LogP contribution in [-0.2, 0) is 25.7 Å². The Morgan fingerprint density at radius 1 is 0.938 bits per heavy atom. The van der Waals surface area contributed by atoms with Gasteiger partial charge in [0.1, 0.15) is 11.6 Å². The Labute approximate surface area is 285 Å². The first-order valence-corrected chi connectivity index (χ1v) is 18.1. The predicted octanol–water partition coefficient (Wildman–Crippen LogP) is 4.23. The number of rotatable bonds is 10. The Hall–Kier alpha value is -3.53. The van der Waals surface area contributed by atoms with Crippen LogP contribution in [0.15, 0.2) is 66.7 Å². The number of fused-ring (bicyclic) bond motifs is 1. The van der Waals surface area contributed by atoms with Crippen molar-refractivity contribution in [1.82, 2.24) is 20.0 Å². The molecular weight excluding hydrogens is 602 g/mol. The second-order valence-electron chi connectivity index (χ2n) is 14.9. The number of carbonyl (C=O) groups excluding carboxylic acids is 3. The number of ether oxygens (including phenoxy) is 1. The van der Waals surface area contributed by atoms with Crippen LogP contribution in [0.4, 0.5) is 5.69 Å².